The van der Waals surface area contributed by atoms with Crippen LogP contribution >= 0.6 is 0 Å². The summed E-state index contributed by atoms with van der Waals surface area (Å²) in [6.07, 6.45) is 0. The third-order valence-corrected chi connectivity index (χ3v) is 3.89. The van der Waals surface area contributed by atoms with Crippen LogP contribution in [0.4, 0.5) is 0 Å². The molecular formula is C21H24N4O4. The first kappa shape index (κ1) is 21.6. The Morgan fingerprint density at radius 3 is 2.17 bits per heavy atom. The third kappa shape index (κ3) is 5.90. The molecule has 0 aliphatic carbocycles. The SMILES string of the molecule is CNC(=O)/C(=N/OC)c1ccccc1CO/N=C(C)/C(=N\OC)c1ccccc1. The van der Waals surface area contributed by atoms with Crippen LogP contribution in [0.1, 0.15) is 23.6 Å². The zero-order valence-electron chi connectivity index (χ0n) is 16.9. The molecule has 0 radical (unpaired) electrons. The van der Waals surface area contributed by atoms with E-state index in [0.717, 1.165) is 11.1 Å². The number of hydrogen-bond acceptors (Lipinski definition) is 7. The first-order valence-electron chi connectivity index (χ1n) is 8.87. The summed E-state index contributed by atoms with van der Waals surface area (Å²) in [5, 5.41) is 14.6. The van der Waals surface area contributed by atoms with E-state index >= 15 is 0 Å². The van der Waals surface area contributed by atoms with Crippen molar-refractivity contribution in [2.75, 3.05) is 21.3 Å². The van der Waals surface area contributed by atoms with Gasteiger partial charge in [-0.15, -0.1) is 0 Å². The molecule has 0 bridgehead atoms. The van der Waals surface area contributed by atoms with E-state index in [4.69, 9.17) is 14.5 Å². The predicted molar refractivity (Wildman–Crippen MR) is 112 cm³/mol. The van der Waals surface area contributed by atoms with Crippen LogP contribution in [0.15, 0.2) is 70.1 Å². The Hall–Kier alpha value is -3.68. The van der Waals surface area contributed by atoms with E-state index in [1.165, 1.54) is 21.3 Å². The van der Waals surface area contributed by atoms with Crippen molar-refractivity contribution in [2.24, 2.45) is 15.5 Å². The lowest BCUT2D eigenvalue weighted by molar-refractivity contribution is -0.114. The van der Waals surface area contributed by atoms with E-state index in [1.54, 1.807) is 19.1 Å². The molecule has 29 heavy (non-hydrogen) atoms. The van der Waals surface area contributed by atoms with E-state index in [2.05, 4.69) is 20.8 Å². The highest BCUT2D eigenvalue weighted by Crippen LogP contribution is 2.13. The van der Waals surface area contributed by atoms with Crippen LogP contribution in [-0.4, -0.2) is 44.3 Å². The summed E-state index contributed by atoms with van der Waals surface area (Å²) in [5.74, 6) is -0.363. The number of nitrogens with zero attached hydrogens (tertiary/aromatic N) is 3. The standard InChI is InChI=1S/C21H24N4O4/c1-15(19(24-27-3)16-10-6-5-7-11-16)23-29-14-17-12-8-9-13-18(17)20(25-28-4)21(26)22-2/h5-13H,14H2,1-4H3,(H,22,26)/b23-15+,24-19+,25-20+. The quantitative estimate of drug-likeness (QED) is 0.521. The summed E-state index contributed by atoms with van der Waals surface area (Å²) >= 11 is 0. The van der Waals surface area contributed by atoms with E-state index in [9.17, 15) is 4.79 Å². The van der Waals surface area contributed by atoms with Gasteiger partial charge in [-0.3, -0.25) is 4.79 Å². The highest BCUT2D eigenvalue weighted by molar-refractivity contribution is 6.47. The maximum atomic E-state index is 12.1. The molecule has 8 heteroatoms. The third-order valence-electron chi connectivity index (χ3n) is 3.89. The highest BCUT2D eigenvalue weighted by atomic mass is 16.6. The first-order valence-corrected chi connectivity index (χ1v) is 8.87. The summed E-state index contributed by atoms with van der Waals surface area (Å²) < 4.78 is 0. The molecule has 2 rings (SSSR count). The first-order chi connectivity index (χ1) is 14.1. The summed E-state index contributed by atoms with van der Waals surface area (Å²) in [7, 11) is 4.39. The summed E-state index contributed by atoms with van der Waals surface area (Å²) in [6, 6.07) is 16.8. The minimum absolute atomic E-state index is 0.127. The largest absolute Gasteiger partial charge is 0.399 e. The van der Waals surface area contributed by atoms with Gasteiger partial charge in [-0.05, 0) is 6.92 Å². The number of amides is 1. The number of oxime groups is 3. The van der Waals surface area contributed by atoms with Gasteiger partial charge in [0, 0.05) is 23.7 Å². The zero-order chi connectivity index (χ0) is 21.1. The highest BCUT2D eigenvalue weighted by Gasteiger charge is 2.17. The Balaban J connectivity index is 2.23. The van der Waals surface area contributed by atoms with Gasteiger partial charge in [0.05, 0.1) is 0 Å². The van der Waals surface area contributed by atoms with Crippen molar-refractivity contribution < 1.29 is 19.3 Å². The molecule has 0 spiro atoms. The van der Waals surface area contributed by atoms with Crippen molar-refractivity contribution in [3.8, 4) is 0 Å². The second kappa shape index (κ2) is 11.2. The number of benzene rings is 2. The lowest BCUT2D eigenvalue weighted by atomic mass is 10.0. The van der Waals surface area contributed by atoms with Crippen molar-refractivity contribution in [1.82, 2.24) is 5.32 Å². The molecule has 2 aromatic carbocycles. The Labute approximate surface area is 169 Å². The average Bonchev–Trinajstić information content (AvgIpc) is 2.76. The minimum atomic E-state index is -0.363. The fourth-order valence-corrected chi connectivity index (χ4v) is 2.56. The molecule has 0 fully saturated rings. The molecule has 0 heterocycles. The summed E-state index contributed by atoms with van der Waals surface area (Å²) in [5.41, 5.74) is 3.44. The lowest BCUT2D eigenvalue weighted by Crippen LogP contribution is -2.29. The second-order valence-electron chi connectivity index (χ2n) is 5.80. The average molecular weight is 396 g/mol. The molecule has 0 unspecified atom stereocenters. The van der Waals surface area contributed by atoms with Gasteiger partial charge < -0.3 is 19.8 Å². The van der Waals surface area contributed by atoms with Gasteiger partial charge in [0.15, 0.2) is 5.71 Å². The number of carbonyl (C=O) groups is 1. The Kier molecular flexibility index (Phi) is 8.37. The molecule has 1 N–H and O–H groups in total. The maximum Gasteiger partial charge on any atom is 0.273 e. The molecule has 0 atom stereocenters. The van der Waals surface area contributed by atoms with Gasteiger partial charge >= 0.3 is 0 Å². The number of rotatable bonds is 9. The Bertz CT molecular complexity index is 908. The Morgan fingerprint density at radius 1 is 0.897 bits per heavy atom. The molecule has 0 saturated carbocycles. The Morgan fingerprint density at radius 2 is 1.52 bits per heavy atom. The zero-order valence-corrected chi connectivity index (χ0v) is 16.9. The molecular weight excluding hydrogens is 372 g/mol. The van der Waals surface area contributed by atoms with Crippen LogP contribution in [0.5, 0.6) is 0 Å². The second-order valence-corrected chi connectivity index (χ2v) is 5.80. The van der Waals surface area contributed by atoms with Crippen molar-refractivity contribution in [3.05, 3.63) is 71.3 Å². The number of likely N-dealkylation sites (N-methyl/N-ethyl adjacent to an activating group) is 1. The number of hydrogen-bond donors (Lipinski definition) is 1. The van der Waals surface area contributed by atoms with E-state index in [-0.39, 0.29) is 18.2 Å². The van der Waals surface area contributed by atoms with Gasteiger partial charge in [-0.1, -0.05) is 70.1 Å². The fourth-order valence-electron chi connectivity index (χ4n) is 2.56. The van der Waals surface area contributed by atoms with Crippen molar-refractivity contribution in [3.63, 3.8) is 0 Å². The lowest BCUT2D eigenvalue weighted by Gasteiger charge is -2.10. The molecule has 0 aromatic heterocycles. The van der Waals surface area contributed by atoms with Crippen LogP contribution in [0.3, 0.4) is 0 Å². The molecule has 0 aliphatic heterocycles. The van der Waals surface area contributed by atoms with Gasteiger partial charge in [0.25, 0.3) is 5.91 Å². The molecule has 1 amide bonds. The van der Waals surface area contributed by atoms with Crippen LogP contribution in [-0.2, 0) is 25.9 Å². The fraction of sp³-hybridized carbons (Fsp3) is 0.238. The van der Waals surface area contributed by atoms with Crippen LogP contribution in [0, 0.1) is 0 Å². The van der Waals surface area contributed by atoms with E-state index in [1.807, 2.05) is 42.5 Å². The van der Waals surface area contributed by atoms with Gasteiger partial charge in [0.2, 0.25) is 0 Å². The van der Waals surface area contributed by atoms with Crippen LogP contribution < -0.4 is 5.32 Å². The molecule has 0 saturated heterocycles. The summed E-state index contributed by atoms with van der Waals surface area (Å²) in [6.45, 7) is 1.90. The monoisotopic (exact) mass is 396 g/mol. The van der Waals surface area contributed by atoms with Gasteiger partial charge in [0.1, 0.15) is 32.2 Å². The van der Waals surface area contributed by atoms with E-state index in [0.29, 0.717) is 17.0 Å². The maximum absolute atomic E-state index is 12.1. The van der Waals surface area contributed by atoms with E-state index < -0.39 is 0 Å². The number of nitrogens with one attached hydrogen (secondary N) is 1. The molecule has 2 aromatic rings. The van der Waals surface area contributed by atoms with Gasteiger partial charge in [-0.25, -0.2) is 0 Å². The van der Waals surface area contributed by atoms with Crippen molar-refractivity contribution >= 4 is 23.0 Å². The van der Waals surface area contributed by atoms with Crippen molar-refractivity contribution in [1.29, 1.82) is 0 Å². The smallest absolute Gasteiger partial charge is 0.273 e. The summed E-state index contributed by atoms with van der Waals surface area (Å²) in [4.78, 5) is 27.4. The molecule has 0 aliphatic rings. The predicted octanol–water partition coefficient (Wildman–Crippen LogP) is 2.73. The topological polar surface area (TPSA) is 93.9 Å². The molecule has 8 nitrogen and oxygen atoms in total. The molecule has 152 valence electrons. The van der Waals surface area contributed by atoms with Crippen molar-refractivity contribution in [2.45, 2.75) is 13.5 Å². The van der Waals surface area contributed by atoms with Gasteiger partial charge in [-0.2, -0.15) is 0 Å². The normalized spacial score (nSPS) is 12.3. The van der Waals surface area contributed by atoms with Crippen LogP contribution in [0.25, 0.3) is 0 Å². The number of carbonyl (C=O) groups excluding carboxylic acids is 1. The minimum Gasteiger partial charge on any atom is -0.399 e. The van der Waals surface area contributed by atoms with Crippen LogP contribution in [0.2, 0.25) is 0 Å².